The topological polar surface area (TPSA) is 38.1 Å². The van der Waals surface area contributed by atoms with Crippen molar-refractivity contribution in [2.75, 3.05) is 23.3 Å². The minimum atomic E-state index is 0.0248. The highest BCUT2D eigenvalue weighted by Gasteiger charge is 2.17. The van der Waals surface area contributed by atoms with Crippen LogP contribution in [0.15, 0.2) is 17.1 Å². The monoisotopic (exact) mass is 355 g/mol. The van der Waals surface area contributed by atoms with Crippen LogP contribution in [0.5, 0.6) is 0 Å². The van der Waals surface area contributed by atoms with Gasteiger partial charge in [0.2, 0.25) is 0 Å². The van der Waals surface area contributed by atoms with E-state index in [1.54, 1.807) is 10.7 Å². The van der Waals surface area contributed by atoms with Crippen molar-refractivity contribution in [1.82, 2.24) is 9.78 Å². The van der Waals surface area contributed by atoms with Gasteiger partial charge in [0.15, 0.2) is 0 Å². The van der Waals surface area contributed by atoms with Gasteiger partial charge in [-0.2, -0.15) is 5.10 Å². The lowest BCUT2D eigenvalue weighted by molar-refractivity contribution is 0.434. The Morgan fingerprint density at radius 2 is 2.29 bits per heavy atom. The van der Waals surface area contributed by atoms with Crippen molar-refractivity contribution in [2.24, 2.45) is 11.8 Å². The van der Waals surface area contributed by atoms with Crippen molar-refractivity contribution < 1.29 is 0 Å². The fourth-order valence-electron chi connectivity index (χ4n) is 2.86. The van der Waals surface area contributed by atoms with Crippen LogP contribution in [0, 0.1) is 11.8 Å². The number of anilines is 1. The lowest BCUT2D eigenvalue weighted by atomic mass is 10.00. The molecule has 0 saturated carbocycles. The van der Waals surface area contributed by atoms with Crippen LogP contribution in [0.3, 0.4) is 0 Å². The Balaban J connectivity index is 1.98. The maximum atomic E-state index is 12.2. The zero-order valence-electron chi connectivity index (χ0n) is 13.1. The molecule has 1 aliphatic rings. The molecule has 2 unspecified atom stereocenters. The Kier molecular flexibility index (Phi) is 6.27. The van der Waals surface area contributed by atoms with Crippen molar-refractivity contribution >= 4 is 21.6 Å². The van der Waals surface area contributed by atoms with E-state index in [-0.39, 0.29) is 5.56 Å². The van der Waals surface area contributed by atoms with Crippen LogP contribution in [0.1, 0.15) is 39.5 Å². The van der Waals surface area contributed by atoms with Crippen LogP contribution in [-0.2, 0) is 6.54 Å². The molecule has 2 heterocycles. The molecule has 0 N–H and O–H groups in total. The highest BCUT2D eigenvalue weighted by molar-refractivity contribution is 9.09. The molecular formula is C16H26BrN3O. The third-order valence-corrected chi connectivity index (χ3v) is 4.77. The average molecular weight is 356 g/mol. The van der Waals surface area contributed by atoms with Gasteiger partial charge in [0, 0.05) is 31.0 Å². The third kappa shape index (κ3) is 4.83. The largest absolute Gasteiger partial charge is 0.370 e. The molecule has 118 valence electrons. The minimum absolute atomic E-state index is 0.0248. The van der Waals surface area contributed by atoms with Gasteiger partial charge in [0.05, 0.1) is 11.9 Å². The van der Waals surface area contributed by atoms with Gasteiger partial charge in [-0.05, 0) is 37.5 Å². The number of aryl methyl sites for hydroxylation is 1. The van der Waals surface area contributed by atoms with Gasteiger partial charge in [0.1, 0.15) is 0 Å². The Bertz CT molecular complexity index is 503. The first-order chi connectivity index (χ1) is 10.1. The van der Waals surface area contributed by atoms with Crippen molar-refractivity contribution in [2.45, 2.75) is 46.1 Å². The van der Waals surface area contributed by atoms with Gasteiger partial charge in [0.25, 0.3) is 5.56 Å². The van der Waals surface area contributed by atoms with Crippen molar-refractivity contribution in [1.29, 1.82) is 0 Å². The number of hydrogen-bond acceptors (Lipinski definition) is 3. The number of piperidine rings is 1. The summed E-state index contributed by atoms with van der Waals surface area (Å²) in [5.74, 6) is 1.31. The van der Waals surface area contributed by atoms with Crippen LogP contribution in [0.25, 0.3) is 0 Å². The van der Waals surface area contributed by atoms with Crippen molar-refractivity contribution in [3.63, 3.8) is 0 Å². The van der Waals surface area contributed by atoms with Crippen LogP contribution >= 0.6 is 15.9 Å². The second-order valence-electron chi connectivity index (χ2n) is 6.34. The quantitative estimate of drug-likeness (QED) is 0.734. The van der Waals surface area contributed by atoms with Gasteiger partial charge in [-0.3, -0.25) is 4.79 Å². The van der Waals surface area contributed by atoms with E-state index in [2.05, 4.69) is 39.8 Å². The van der Waals surface area contributed by atoms with E-state index in [1.165, 1.54) is 12.8 Å². The molecular weight excluding hydrogens is 330 g/mol. The van der Waals surface area contributed by atoms with Crippen LogP contribution in [0.2, 0.25) is 0 Å². The molecule has 0 aliphatic carbocycles. The molecule has 2 rings (SSSR count). The predicted octanol–water partition coefficient (Wildman–Crippen LogP) is 3.29. The molecule has 0 aromatic carbocycles. The first kappa shape index (κ1) is 16.5. The highest BCUT2D eigenvalue weighted by Crippen LogP contribution is 2.21. The fourth-order valence-corrected chi connectivity index (χ4v) is 3.64. The molecule has 1 saturated heterocycles. The van der Waals surface area contributed by atoms with Crippen LogP contribution in [0.4, 0.5) is 5.69 Å². The van der Waals surface area contributed by atoms with Gasteiger partial charge < -0.3 is 4.90 Å². The average Bonchev–Trinajstić information content (AvgIpc) is 2.46. The first-order valence-corrected chi connectivity index (χ1v) is 9.10. The Morgan fingerprint density at radius 1 is 1.48 bits per heavy atom. The normalized spacial score (nSPS) is 20.5. The van der Waals surface area contributed by atoms with E-state index in [4.69, 9.17) is 0 Å². The second kappa shape index (κ2) is 7.97. The van der Waals surface area contributed by atoms with Crippen molar-refractivity contribution in [3.05, 3.63) is 22.6 Å². The smallest absolute Gasteiger partial charge is 0.268 e. The highest BCUT2D eigenvalue weighted by atomic mass is 79.9. The van der Waals surface area contributed by atoms with Gasteiger partial charge in [-0.15, -0.1) is 0 Å². The summed E-state index contributed by atoms with van der Waals surface area (Å²) in [6.45, 7) is 7.27. The number of aromatic nitrogens is 2. The minimum Gasteiger partial charge on any atom is -0.370 e. The molecule has 1 aliphatic heterocycles. The fraction of sp³-hybridized carbons (Fsp3) is 0.750. The van der Waals surface area contributed by atoms with E-state index in [1.807, 2.05) is 6.20 Å². The summed E-state index contributed by atoms with van der Waals surface area (Å²) in [7, 11) is 0. The summed E-state index contributed by atoms with van der Waals surface area (Å²) in [6, 6.07) is 1.75. The van der Waals surface area contributed by atoms with Crippen LogP contribution in [-0.4, -0.2) is 28.2 Å². The number of halogens is 1. The molecule has 0 spiro atoms. The van der Waals surface area contributed by atoms with E-state index >= 15 is 0 Å². The summed E-state index contributed by atoms with van der Waals surface area (Å²) >= 11 is 3.46. The van der Waals surface area contributed by atoms with Crippen LogP contribution < -0.4 is 10.5 Å². The molecule has 1 aromatic rings. The van der Waals surface area contributed by atoms with Gasteiger partial charge >= 0.3 is 0 Å². The SMILES string of the molecule is CC(CCBr)CCn1ncc(N2CCCC(C)C2)cc1=O. The Morgan fingerprint density at radius 3 is 2.95 bits per heavy atom. The predicted molar refractivity (Wildman–Crippen MR) is 91.3 cm³/mol. The molecule has 1 aromatic heterocycles. The van der Waals surface area contributed by atoms with E-state index in [9.17, 15) is 4.79 Å². The zero-order valence-corrected chi connectivity index (χ0v) is 14.7. The standard InChI is InChI=1S/C16H26BrN3O/c1-13(5-7-17)6-9-20-16(21)10-15(11-18-20)19-8-3-4-14(2)12-19/h10-11,13-14H,3-9,12H2,1-2H3. The molecule has 5 heteroatoms. The lowest BCUT2D eigenvalue weighted by Gasteiger charge is -2.32. The first-order valence-electron chi connectivity index (χ1n) is 7.98. The number of hydrogen-bond donors (Lipinski definition) is 0. The van der Waals surface area contributed by atoms with E-state index in [0.717, 1.165) is 36.9 Å². The summed E-state index contributed by atoms with van der Waals surface area (Å²) in [5, 5.41) is 5.38. The zero-order chi connectivity index (χ0) is 15.2. The Hall–Kier alpha value is -0.840. The molecule has 1 fully saturated rings. The molecule has 21 heavy (non-hydrogen) atoms. The summed E-state index contributed by atoms with van der Waals surface area (Å²) in [4.78, 5) is 14.5. The molecule has 4 nitrogen and oxygen atoms in total. The maximum Gasteiger partial charge on any atom is 0.268 e. The van der Waals surface area contributed by atoms with Gasteiger partial charge in [-0.1, -0.05) is 29.8 Å². The summed E-state index contributed by atoms with van der Waals surface area (Å²) < 4.78 is 1.60. The van der Waals surface area contributed by atoms with E-state index in [0.29, 0.717) is 18.4 Å². The molecule has 0 radical (unpaired) electrons. The third-order valence-electron chi connectivity index (χ3n) is 4.31. The van der Waals surface area contributed by atoms with Gasteiger partial charge in [-0.25, -0.2) is 4.68 Å². The second-order valence-corrected chi connectivity index (χ2v) is 7.13. The van der Waals surface area contributed by atoms with E-state index < -0.39 is 0 Å². The molecule has 0 amide bonds. The van der Waals surface area contributed by atoms with Crippen molar-refractivity contribution in [3.8, 4) is 0 Å². The number of rotatable bonds is 6. The number of alkyl halides is 1. The summed E-state index contributed by atoms with van der Waals surface area (Å²) in [6.07, 6.45) is 6.48. The maximum absolute atomic E-state index is 12.2. The number of nitrogens with zero attached hydrogens (tertiary/aromatic N) is 3. The lowest BCUT2D eigenvalue weighted by Crippen LogP contribution is -2.35. The molecule has 0 bridgehead atoms. The summed E-state index contributed by atoms with van der Waals surface area (Å²) in [5.41, 5.74) is 1.01. The molecule has 2 atom stereocenters. The Labute approximate surface area is 135 Å².